The summed E-state index contributed by atoms with van der Waals surface area (Å²) >= 11 is 0. The average molecular weight is 388 g/mol. The first-order valence-corrected chi connectivity index (χ1v) is 8.27. The summed E-state index contributed by atoms with van der Waals surface area (Å²) in [5.41, 5.74) is 0.629. The maximum Gasteiger partial charge on any atom is 0.200 e. The normalized spacial score (nSPS) is 10.6. The van der Waals surface area contributed by atoms with Gasteiger partial charge in [-0.1, -0.05) is 66.7 Å². The zero-order valence-electron chi connectivity index (χ0n) is 14.4. The Morgan fingerprint density at radius 2 is 1.04 bits per heavy atom. The van der Waals surface area contributed by atoms with Gasteiger partial charge in [-0.25, -0.2) is 22.0 Å². The Kier molecular flexibility index (Phi) is 5.68. The molecule has 1 nitrogen and oxygen atoms in total. The maximum absolute atomic E-state index is 13.9. The number of allylic oxidation sites excluding steroid dienone is 1. The first-order valence-electron chi connectivity index (χ1n) is 8.27. The molecule has 3 aromatic rings. The van der Waals surface area contributed by atoms with E-state index in [0.29, 0.717) is 5.57 Å². The van der Waals surface area contributed by atoms with E-state index in [1.165, 1.54) is 6.08 Å². The molecular weight excluding hydrogens is 375 g/mol. The van der Waals surface area contributed by atoms with Crippen LogP contribution in [0.5, 0.6) is 0 Å². The van der Waals surface area contributed by atoms with Crippen LogP contribution in [0.2, 0.25) is 0 Å². The molecule has 28 heavy (non-hydrogen) atoms. The standard InChI is InChI=1S/C22H13F5O/c23-18-17(19(24)21(26)22(27)20(18)25)16(28)12-11-15(13-7-3-1-4-8-13)14-9-5-2-6-10-14/h1-11H,12H2. The molecule has 0 atom stereocenters. The smallest absolute Gasteiger partial charge is 0.200 e. The molecule has 0 radical (unpaired) electrons. The number of carbonyl (C=O) groups excluding carboxylic acids is 1. The number of hydrogen-bond donors (Lipinski definition) is 0. The van der Waals surface area contributed by atoms with Gasteiger partial charge in [-0.2, -0.15) is 0 Å². The Morgan fingerprint density at radius 1 is 0.643 bits per heavy atom. The van der Waals surface area contributed by atoms with Crippen molar-refractivity contribution in [1.29, 1.82) is 0 Å². The third kappa shape index (κ3) is 3.71. The van der Waals surface area contributed by atoms with E-state index in [4.69, 9.17) is 0 Å². The van der Waals surface area contributed by atoms with Crippen LogP contribution < -0.4 is 0 Å². The minimum atomic E-state index is -2.30. The van der Waals surface area contributed by atoms with E-state index in [0.717, 1.165) is 11.1 Å². The number of Topliss-reactive ketones (excluding diaryl/α,β-unsaturated/α-hetero) is 1. The second-order valence-corrected chi connectivity index (χ2v) is 5.92. The van der Waals surface area contributed by atoms with Crippen molar-refractivity contribution in [1.82, 2.24) is 0 Å². The minimum Gasteiger partial charge on any atom is -0.294 e. The van der Waals surface area contributed by atoms with Crippen LogP contribution in [0.4, 0.5) is 22.0 Å². The monoisotopic (exact) mass is 388 g/mol. The predicted octanol–water partition coefficient (Wildman–Crippen LogP) is 6.09. The van der Waals surface area contributed by atoms with Gasteiger partial charge < -0.3 is 0 Å². The molecule has 0 saturated carbocycles. The zero-order valence-corrected chi connectivity index (χ0v) is 14.4. The Balaban J connectivity index is 2.02. The minimum absolute atomic E-state index is 0.544. The molecule has 0 spiro atoms. The largest absolute Gasteiger partial charge is 0.294 e. The molecule has 0 aliphatic heterocycles. The van der Waals surface area contributed by atoms with Gasteiger partial charge in [-0.05, 0) is 16.7 Å². The molecule has 0 aromatic heterocycles. The van der Waals surface area contributed by atoms with Crippen LogP contribution in [-0.2, 0) is 0 Å². The van der Waals surface area contributed by atoms with E-state index >= 15 is 0 Å². The number of ketones is 1. The SMILES string of the molecule is O=C(CC=C(c1ccccc1)c1ccccc1)c1c(F)c(F)c(F)c(F)c1F. The Hall–Kier alpha value is -3.28. The van der Waals surface area contributed by atoms with Gasteiger partial charge >= 0.3 is 0 Å². The fraction of sp³-hybridized carbons (Fsp3) is 0.0455. The van der Waals surface area contributed by atoms with E-state index in [9.17, 15) is 26.7 Å². The molecule has 0 unspecified atom stereocenters. The first kappa shape index (κ1) is 19.5. The molecule has 142 valence electrons. The Bertz CT molecular complexity index is 973. The summed E-state index contributed by atoms with van der Waals surface area (Å²) < 4.78 is 67.6. The van der Waals surface area contributed by atoms with E-state index in [-0.39, 0.29) is 0 Å². The fourth-order valence-electron chi connectivity index (χ4n) is 2.78. The molecule has 0 fully saturated rings. The van der Waals surface area contributed by atoms with Gasteiger partial charge in [0.2, 0.25) is 5.82 Å². The highest BCUT2D eigenvalue weighted by Gasteiger charge is 2.29. The van der Waals surface area contributed by atoms with E-state index in [1.54, 1.807) is 60.7 Å². The summed E-state index contributed by atoms with van der Waals surface area (Å²) in [6.07, 6.45) is 0.864. The average Bonchev–Trinajstić information content (AvgIpc) is 2.72. The molecule has 0 saturated heterocycles. The fourth-order valence-corrected chi connectivity index (χ4v) is 2.78. The van der Waals surface area contributed by atoms with Crippen molar-refractivity contribution in [2.24, 2.45) is 0 Å². The quantitative estimate of drug-likeness (QED) is 0.224. The van der Waals surface area contributed by atoms with E-state index in [1.807, 2.05) is 0 Å². The molecule has 3 aromatic carbocycles. The van der Waals surface area contributed by atoms with Crippen LogP contribution in [-0.4, -0.2) is 5.78 Å². The Morgan fingerprint density at radius 3 is 1.46 bits per heavy atom. The van der Waals surface area contributed by atoms with Gasteiger partial charge in [0.25, 0.3) is 0 Å². The van der Waals surface area contributed by atoms with Crippen LogP contribution in [0.1, 0.15) is 27.9 Å². The van der Waals surface area contributed by atoms with Crippen molar-refractivity contribution in [3.63, 3.8) is 0 Å². The molecule has 0 amide bonds. The van der Waals surface area contributed by atoms with Gasteiger partial charge in [-0.3, -0.25) is 4.79 Å². The molecule has 3 rings (SSSR count). The summed E-state index contributed by atoms with van der Waals surface area (Å²) in [6, 6.07) is 17.8. The summed E-state index contributed by atoms with van der Waals surface area (Å²) in [5.74, 6) is -12.0. The van der Waals surface area contributed by atoms with Gasteiger partial charge in [-0.15, -0.1) is 0 Å². The summed E-state index contributed by atoms with van der Waals surface area (Å²) in [5, 5.41) is 0. The van der Waals surface area contributed by atoms with Crippen molar-refractivity contribution in [2.45, 2.75) is 6.42 Å². The number of rotatable bonds is 5. The van der Waals surface area contributed by atoms with Gasteiger partial charge in [0.1, 0.15) is 0 Å². The molecule has 0 aliphatic rings. The van der Waals surface area contributed by atoms with Crippen LogP contribution in [0.15, 0.2) is 66.7 Å². The highest BCUT2D eigenvalue weighted by molar-refractivity contribution is 5.99. The van der Waals surface area contributed by atoms with Crippen LogP contribution >= 0.6 is 0 Å². The third-order valence-electron chi connectivity index (χ3n) is 4.15. The molecule has 0 N–H and O–H groups in total. The lowest BCUT2D eigenvalue weighted by molar-refractivity contribution is 0.0984. The number of hydrogen-bond acceptors (Lipinski definition) is 1. The molecule has 6 heteroatoms. The Labute approximate surface area is 157 Å². The van der Waals surface area contributed by atoms with Gasteiger partial charge in [0, 0.05) is 6.42 Å². The third-order valence-corrected chi connectivity index (χ3v) is 4.15. The second kappa shape index (κ2) is 8.17. The highest BCUT2D eigenvalue weighted by Crippen LogP contribution is 2.27. The number of carbonyl (C=O) groups is 1. The molecule has 0 bridgehead atoms. The van der Waals surface area contributed by atoms with E-state index < -0.39 is 46.9 Å². The van der Waals surface area contributed by atoms with Crippen molar-refractivity contribution in [3.05, 3.63) is 113 Å². The predicted molar refractivity (Wildman–Crippen MR) is 95.1 cm³/mol. The molecule has 0 aliphatic carbocycles. The van der Waals surface area contributed by atoms with Crippen molar-refractivity contribution in [2.75, 3.05) is 0 Å². The van der Waals surface area contributed by atoms with Crippen molar-refractivity contribution >= 4 is 11.4 Å². The molecular formula is C22H13F5O. The zero-order chi connectivity index (χ0) is 20.3. The van der Waals surface area contributed by atoms with Crippen LogP contribution in [0.25, 0.3) is 5.57 Å². The maximum atomic E-state index is 13.9. The topological polar surface area (TPSA) is 17.1 Å². The van der Waals surface area contributed by atoms with Crippen LogP contribution in [0.3, 0.4) is 0 Å². The van der Waals surface area contributed by atoms with Crippen molar-refractivity contribution < 1.29 is 26.7 Å². The number of halogens is 5. The number of benzene rings is 3. The van der Waals surface area contributed by atoms with Gasteiger partial charge in [0.05, 0.1) is 5.56 Å². The van der Waals surface area contributed by atoms with E-state index in [2.05, 4.69) is 0 Å². The van der Waals surface area contributed by atoms with Crippen molar-refractivity contribution in [3.8, 4) is 0 Å². The summed E-state index contributed by atoms with van der Waals surface area (Å²) in [4.78, 5) is 12.3. The lowest BCUT2D eigenvalue weighted by atomic mass is 9.95. The highest BCUT2D eigenvalue weighted by atomic mass is 19.2. The lowest BCUT2D eigenvalue weighted by Crippen LogP contribution is -2.12. The van der Waals surface area contributed by atoms with Gasteiger partial charge in [0.15, 0.2) is 29.1 Å². The van der Waals surface area contributed by atoms with Crippen LogP contribution in [0, 0.1) is 29.1 Å². The second-order valence-electron chi connectivity index (χ2n) is 5.92. The first-order chi connectivity index (χ1) is 13.4. The lowest BCUT2D eigenvalue weighted by Gasteiger charge is -2.10. The molecule has 0 heterocycles. The summed E-state index contributed by atoms with van der Waals surface area (Å²) in [6.45, 7) is 0. The summed E-state index contributed by atoms with van der Waals surface area (Å²) in [7, 11) is 0.